The van der Waals surface area contributed by atoms with Crippen LogP contribution in [-0.2, 0) is 12.8 Å². The second-order valence-corrected chi connectivity index (χ2v) is 11.4. The fourth-order valence-corrected chi connectivity index (χ4v) is 6.20. The van der Waals surface area contributed by atoms with Crippen LogP contribution in [0.5, 0.6) is 0 Å². The quantitative estimate of drug-likeness (QED) is 0.481. The van der Waals surface area contributed by atoms with Gasteiger partial charge >= 0.3 is 0 Å². The first kappa shape index (κ1) is 28.6. The molecule has 0 amide bonds. The Hall–Kier alpha value is -2.43. The maximum Gasteiger partial charge on any atom is 0.0418 e. The van der Waals surface area contributed by atoms with Gasteiger partial charge in [-0.25, -0.2) is 0 Å². The molecular weight excluding hydrogens is 464 g/mol. The molecular formula is C34H50N4. The summed E-state index contributed by atoms with van der Waals surface area (Å²) < 4.78 is 0. The van der Waals surface area contributed by atoms with E-state index in [4.69, 9.17) is 4.99 Å². The van der Waals surface area contributed by atoms with Crippen molar-refractivity contribution < 1.29 is 0 Å². The van der Waals surface area contributed by atoms with Crippen molar-refractivity contribution in [3.63, 3.8) is 0 Å². The molecule has 1 fully saturated rings. The molecule has 4 bridgehead atoms. The van der Waals surface area contributed by atoms with E-state index in [1.807, 2.05) is 0 Å². The molecule has 2 aliphatic rings. The van der Waals surface area contributed by atoms with Crippen LogP contribution in [0.25, 0.3) is 5.70 Å². The molecule has 1 saturated heterocycles. The van der Waals surface area contributed by atoms with E-state index in [0.717, 1.165) is 31.6 Å². The summed E-state index contributed by atoms with van der Waals surface area (Å²) in [5.41, 5.74) is 8.02. The molecule has 4 nitrogen and oxygen atoms in total. The van der Waals surface area contributed by atoms with Gasteiger partial charge in [0.25, 0.3) is 0 Å². The molecule has 1 N–H and O–H groups in total. The number of fused-ring (bicyclic) bond motifs is 5. The van der Waals surface area contributed by atoms with E-state index in [9.17, 15) is 0 Å². The van der Waals surface area contributed by atoms with Crippen molar-refractivity contribution in [1.29, 1.82) is 0 Å². The average molecular weight is 515 g/mol. The maximum absolute atomic E-state index is 4.91. The van der Waals surface area contributed by atoms with Gasteiger partial charge in [0.05, 0.1) is 0 Å². The molecule has 0 radical (unpaired) electrons. The fraction of sp³-hybridized carbons (Fsp3) is 0.559. The van der Waals surface area contributed by atoms with Crippen molar-refractivity contribution in [2.45, 2.75) is 65.2 Å². The molecule has 38 heavy (non-hydrogen) atoms. The molecule has 2 heterocycles. The highest BCUT2D eigenvalue weighted by Crippen LogP contribution is 2.24. The first-order chi connectivity index (χ1) is 18.6. The molecule has 0 aromatic heterocycles. The zero-order chi connectivity index (χ0) is 26.6. The first-order valence-corrected chi connectivity index (χ1v) is 15.2. The highest BCUT2D eigenvalue weighted by molar-refractivity contribution is 5.79. The largest absolute Gasteiger partial charge is 0.385 e. The number of rotatable bonds is 4. The van der Waals surface area contributed by atoms with Crippen molar-refractivity contribution in [2.75, 3.05) is 52.4 Å². The van der Waals surface area contributed by atoms with Crippen LogP contribution in [0.2, 0.25) is 0 Å². The van der Waals surface area contributed by atoms with E-state index in [-0.39, 0.29) is 0 Å². The Balaban J connectivity index is 1.46. The molecule has 0 spiro atoms. The Morgan fingerprint density at radius 2 is 1.68 bits per heavy atom. The lowest BCUT2D eigenvalue weighted by atomic mass is 9.91. The van der Waals surface area contributed by atoms with Crippen molar-refractivity contribution in [3.8, 4) is 0 Å². The first-order valence-electron chi connectivity index (χ1n) is 15.2. The minimum absolute atomic E-state index is 0.652. The normalized spacial score (nSPS) is 24.3. The lowest BCUT2D eigenvalue weighted by Gasteiger charge is -2.24. The van der Waals surface area contributed by atoms with E-state index in [0.29, 0.717) is 5.92 Å². The van der Waals surface area contributed by atoms with Gasteiger partial charge in [0.2, 0.25) is 0 Å². The summed E-state index contributed by atoms with van der Waals surface area (Å²) in [5, 5.41) is 3.64. The molecule has 4 heteroatoms. The van der Waals surface area contributed by atoms with E-state index >= 15 is 0 Å². The lowest BCUT2D eigenvalue weighted by molar-refractivity contribution is 0.240. The van der Waals surface area contributed by atoms with Crippen LogP contribution in [0.1, 0.15) is 73.3 Å². The molecule has 2 unspecified atom stereocenters. The monoisotopic (exact) mass is 514 g/mol. The second kappa shape index (κ2) is 15.2. The van der Waals surface area contributed by atoms with Gasteiger partial charge in [-0.1, -0.05) is 50.3 Å². The zero-order valence-corrected chi connectivity index (χ0v) is 24.1. The van der Waals surface area contributed by atoms with Crippen molar-refractivity contribution in [3.05, 3.63) is 76.9 Å². The van der Waals surface area contributed by atoms with Gasteiger partial charge in [-0.05, 0) is 124 Å². The number of nitrogens with one attached hydrogen (secondary N) is 1. The zero-order valence-electron chi connectivity index (χ0n) is 24.1. The van der Waals surface area contributed by atoms with E-state index < -0.39 is 0 Å². The molecule has 0 aliphatic carbocycles. The summed E-state index contributed by atoms with van der Waals surface area (Å²) in [5.74, 6) is 0.652. The third kappa shape index (κ3) is 8.81. The molecule has 3 atom stereocenters. The Morgan fingerprint density at radius 3 is 2.47 bits per heavy atom. The SMILES string of the molecule is C=C1NCCCN2CCCN(CC[C@@H](CN=Cc3ccccc3)CCCCc3cc1cc(C)c3CC)CC2. The molecule has 4 rings (SSSR count). The van der Waals surface area contributed by atoms with Crippen molar-refractivity contribution >= 4 is 11.9 Å². The highest BCUT2D eigenvalue weighted by atomic mass is 15.2. The van der Waals surface area contributed by atoms with Crippen LogP contribution >= 0.6 is 0 Å². The van der Waals surface area contributed by atoms with Crippen LogP contribution in [0.4, 0.5) is 0 Å². The molecule has 0 saturated carbocycles. The fourth-order valence-electron chi connectivity index (χ4n) is 6.20. The average Bonchev–Trinajstić information content (AvgIpc) is 3.16. The highest BCUT2D eigenvalue weighted by Gasteiger charge is 2.17. The maximum atomic E-state index is 4.91. The van der Waals surface area contributed by atoms with Crippen LogP contribution in [0.15, 0.2) is 54.0 Å². The number of benzene rings is 2. The number of aliphatic imine (C=N–C) groups is 1. The van der Waals surface area contributed by atoms with E-state index in [1.165, 1.54) is 106 Å². The standard InChI is InChI=1S/C34H50N4/c1-4-34-28(2)24-33-25-32(34)15-9-8-14-31(27-35-26-30-12-6-5-7-13-30)16-21-38-20-11-19-37(22-23-38)18-10-17-36-29(33)3/h5-7,12-13,24-26,31,36H,3-4,8-11,14-23,27H2,1-2H3/t31-/m0/s1. The van der Waals surface area contributed by atoms with Gasteiger partial charge in [0.15, 0.2) is 0 Å². The molecule has 2 aromatic rings. The van der Waals surface area contributed by atoms with Crippen molar-refractivity contribution in [1.82, 2.24) is 15.1 Å². The third-order valence-corrected chi connectivity index (χ3v) is 8.50. The topological polar surface area (TPSA) is 30.9 Å². The number of aryl methyl sites for hydroxylation is 2. The Kier molecular flexibility index (Phi) is 11.5. The Bertz CT molecular complexity index is 1030. The minimum atomic E-state index is 0.652. The van der Waals surface area contributed by atoms with Gasteiger partial charge in [-0.2, -0.15) is 0 Å². The molecule has 206 valence electrons. The van der Waals surface area contributed by atoms with Crippen molar-refractivity contribution in [2.24, 2.45) is 10.9 Å². The third-order valence-electron chi connectivity index (χ3n) is 8.50. The van der Waals surface area contributed by atoms with E-state index in [2.05, 4.69) is 84.2 Å². The number of hydrogen-bond acceptors (Lipinski definition) is 4. The number of hydrogen-bond donors (Lipinski definition) is 1. The smallest absolute Gasteiger partial charge is 0.0418 e. The van der Waals surface area contributed by atoms with Gasteiger partial charge in [-0.15, -0.1) is 0 Å². The van der Waals surface area contributed by atoms with Gasteiger partial charge in [-0.3, -0.25) is 4.99 Å². The predicted octanol–water partition coefficient (Wildman–Crippen LogP) is 6.37. The van der Waals surface area contributed by atoms with Gasteiger partial charge in [0, 0.05) is 38.1 Å². The van der Waals surface area contributed by atoms with Crippen LogP contribution in [0, 0.1) is 12.8 Å². The van der Waals surface area contributed by atoms with Gasteiger partial charge < -0.3 is 15.1 Å². The Morgan fingerprint density at radius 1 is 0.921 bits per heavy atom. The summed E-state index contributed by atoms with van der Waals surface area (Å²) in [6.45, 7) is 18.1. The Labute approximate surface area is 232 Å². The van der Waals surface area contributed by atoms with Crippen LogP contribution < -0.4 is 5.32 Å². The predicted molar refractivity (Wildman–Crippen MR) is 164 cm³/mol. The lowest BCUT2D eigenvalue weighted by Crippen LogP contribution is -2.33. The summed E-state index contributed by atoms with van der Waals surface area (Å²) >= 11 is 0. The second-order valence-electron chi connectivity index (χ2n) is 11.4. The summed E-state index contributed by atoms with van der Waals surface area (Å²) in [4.78, 5) is 10.3. The summed E-state index contributed by atoms with van der Waals surface area (Å²) in [6, 6.07) is 15.3. The van der Waals surface area contributed by atoms with Crippen LogP contribution in [0.3, 0.4) is 0 Å². The van der Waals surface area contributed by atoms with Gasteiger partial charge in [0.1, 0.15) is 0 Å². The summed E-state index contributed by atoms with van der Waals surface area (Å²) in [7, 11) is 0. The van der Waals surface area contributed by atoms with E-state index in [1.54, 1.807) is 0 Å². The molecule has 2 aromatic carbocycles. The minimum Gasteiger partial charge on any atom is -0.385 e. The summed E-state index contributed by atoms with van der Waals surface area (Å²) in [6.07, 6.45) is 11.8. The molecule has 2 aliphatic heterocycles. The number of nitrogens with zero attached hydrogens (tertiary/aromatic N) is 3. The van der Waals surface area contributed by atoms with Crippen LogP contribution in [-0.4, -0.2) is 68.4 Å².